The van der Waals surface area contributed by atoms with Gasteiger partial charge in [0, 0.05) is 24.7 Å². The fourth-order valence-electron chi connectivity index (χ4n) is 2.81. The highest BCUT2D eigenvalue weighted by Crippen LogP contribution is 2.31. The largest absolute Gasteiger partial charge is 0.385 e. The first kappa shape index (κ1) is 13.4. The number of unbranched alkanes of at least 4 members (excludes halogenated alkanes) is 1. The van der Waals surface area contributed by atoms with E-state index in [0.29, 0.717) is 5.92 Å². The lowest BCUT2D eigenvalue weighted by molar-refractivity contribution is 0.260. The molecule has 0 spiro atoms. The van der Waals surface area contributed by atoms with Crippen molar-refractivity contribution < 1.29 is 0 Å². The normalized spacial score (nSPS) is 18.5. The molecule has 2 nitrogen and oxygen atoms in total. The van der Waals surface area contributed by atoms with E-state index in [2.05, 4.69) is 48.3 Å². The average molecular weight is 246 g/mol. The number of hydrogen-bond acceptors (Lipinski definition) is 2. The molecule has 0 aliphatic carbocycles. The van der Waals surface area contributed by atoms with E-state index < -0.39 is 0 Å². The van der Waals surface area contributed by atoms with Gasteiger partial charge in [-0.2, -0.15) is 0 Å². The van der Waals surface area contributed by atoms with E-state index in [1.54, 1.807) is 0 Å². The average Bonchev–Trinajstić information content (AvgIpc) is 2.43. The molecule has 0 aromatic heterocycles. The highest BCUT2D eigenvalue weighted by atomic mass is 15.1. The molecule has 1 aromatic carbocycles. The molecular weight excluding hydrogens is 220 g/mol. The van der Waals surface area contributed by atoms with E-state index in [4.69, 9.17) is 0 Å². The Morgan fingerprint density at radius 3 is 2.89 bits per heavy atom. The molecule has 0 radical (unpaired) electrons. The molecule has 0 bridgehead atoms. The monoisotopic (exact) mass is 246 g/mol. The second-order valence-corrected chi connectivity index (χ2v) is 5.25. The zero-order valence-corrected chi connectivity index (χ0v) is 11.8. The Balaban J connectivity index is 2.01. The van der Waals surface area contributed by atoms with Crippen LogP contribution in [0.1, 0.15) is 44.6 Å². The molecule has 2 rings (SSSR count). The van der Waals surface area contributed by atoms with E-state index in [9.17, 15) is 0 Å². The number of nitrogens with zero attached hydrogens (tertiary/aromatic N) is 1. The van der Waals surface area contributed by atoms with Crippen molar-refractivity contribution in [1.29, 1.82) is 0 Å². The zero-order chi connectivity index (χ0) is 12.8. The minimum Gasteiger partial charge on any atom is -0.385 e. The summed E-state index contributed by atoms with van der Waals surface area (Å²) in [5, 5.41) is 3.51. The summed E-state index contributed by atoms with van der Waals surface area (Å²) in [7, 11) is 0. The van der Waals surface area contributed by atoms with E-state index in [0.717, 1.165) is 6.54 Å². The van der Waals surface area contributed by atoms with Crippen molar-refractivity contribution in [3.05, 3.63) is 29.8 Å². The van der Waals surface area contributed by atoms with Crippen LogP contribution in [0.3, 0.4) is 0 Å². The molecule has 1 atom stereocenters. The predicted molar refractivity (Wildman–Crippen MR) is 79.3 cm³/mol. The molecule has 0 saturated heterocycles. The Kier molecular flexibility index (Phi) is 5.06. The molecule has 1 heterocycles. The molecule has 2 heteroatoms. The molecule has 18 heavy (non-hydrogen) atoms. The van der Waals surface area contributed by atoms with Crippen LogP contribution in [-0.2, 0) is 0 Å². The fourth-order valence-corrected chi connectivity index (χ4v) is 2.81. The molecule has 1 aliphatic rings. The lowest BCUT2D eigenvalue weighted by atomic mass is 9.90. The summed E-state index contributed by atoms with van der Waals surface area (Å²) in [6.45, 7) is 9.31. The third kappa shape index (κ3) is 3.26. The predicted octanol–water partition coefficient (Wildman–Crippen LogP) is 3.71. The van der Waals surface area contributed by atoms with Gasteiger partial charge in [0.05, 0.1) is 0 Å². The highest BCUT2D eigenvalue weighted by Gasteiger charge is 2.21. The first-order chi connectivity index (χ1) is 8.85. The van der Waals surface area contributed by atoms with Crippen LogP contribution in [0, 0.1) is 0 Å². The van der Waals surface area contributed by atoms with Crippen molar-refractivity contribution >= 4 is 5.69 Å². The Hall–Kier alpha value is -1.02. The van der Waals surface area contributed by atoms with Crippen LogP contribution in [0.25, 0.3) is 0 Å². The summed E-state index contributed by atoms with van der Waals surface area (Å²) < 4.78 is 0. The van der Waals surface area contributed by atoms with Crippen LogP contribution >= 0.6 is 0 Å². The Labute approximate surface area is 111 Å². The Morgan fingerprint density at radius 2 is 2.11 bits per heavy atom. The highest BCUT2D eigenvalue weighted by molar-refractivity contribution is 5.54. The minimum absolute atomic E-state index is 0.708. The molecule has 1 N–H and O–H groups in total. The topological polar surface area (TPSA) is 15.3 Å². The van der Waals surface area contributed by atoms with Crippen LogP contribution < -0.4 is 5.32 Å². The molecule has 1 aromatic rings. The summed E-state index contributed by atoms with van der Waals surface area (Å²) in [5.41, 5.74) is 2.86. The van der Waals surface area contributed by atoms with E-state index in [1.165, 1.54) is 50.1 Å². The van der Waals surface area contributed by atoms with Gasteiger partial charge in [-0.05, 0) is 37.6 Å². The van der Waals surface area contributed by atoms with Gasteiger partial charge in [0.1, 0.15) is 0 Å². The fraction of sp³-hybridized carbons (Fsp3) is 0.625. The van der Waals surface area contributed by atoms with Gasteiger partial charge in [0.25, 0.3) is 0 Å². The van der Waals surface area contributed by atoms with Crippen LogP contribution in [0.4, 0.5) is 5.69 Å². The van der Waals surface area contributed by atoms with Crippen molar-refractivity contribution in [3.63, 3.8) is 0 Å². The van der Waals surface area contributed by atoms with Gasteiger partial charge >= 0.3 is 0 Å². The lowest BCUT2D eigenvalue weighted by Crippen LogP contribution is -2.32. The van der Waals surface area contributed by atoms with Gasteiger partial charge in [0.2, 0.25) is 0 Å². The minimum atomic E-state index is 0.708. The molecule has 0 saturated carbocycles. The number of anilines is 1. The summed E-state index contributed by atoms with van der Waals surface area (Å²) >= 11 is 0. The maximum Gasteiger partial charge on any atom is 0.0376 e. The Morgan fingerprint density at radius 1 is 1.28 bits per heavy atom. The number of para-hydroxylation sites is 1. The van der Waals surface area contributed by atoms with Gasteiger partial charge < -0.3 is 10.2 Å². The van der Waals surface area contributed by atoms with Crippen LogP contribution in [0.2, 0.25) is 0 Å². The second-order valence-electron chi connectivity index (χ2n) is 5.25. The number of likely N-dealkylation sites (N-methyl/N-ethyl adjacent to an activating group) is 1. The third-order valence-electron chi connectivity index (χ3n) is 3.96. The molecule has 0 amide bonds. The van der Waals surface area contributed by atoms with Crippen molar-refractivity contribution in [2.45, 2.75) is 39.0 Å². The smallest absolute Gasteiger partial charge is 0.0376 e. The number of benzene rings is 1. The van der Waals surface area contributed by atoms with Crippen molar-refractivity contribution in [1.82, 2.24) is 4.90 Å². The van der Waals surface area contributed by atoms with Crippen molar-refractivity contribution in [2.24, 2.45) is 0 Å². The number of nitrogens with one attached hydrogen (secondary N) is 1. The maximum atomic E-state index is 3.51. The SMILES string of the molecule is CCCCN(CC)CC1CCNc2ccccc21. The quantitative estimate of drug-likeness (QED) is 0.823. The van der Waals surface area contributed by atoms with Crippen LogP contribution in [0.15, 0.2) is 24.3 Å². The van der Waals surface area contributed by atoms with Crippen LogP contribution in [0.5, 0.6) is 0 Å². The summed E-state index contributed by atoms with van der Waals surface area (Å²) in [5.74, 6) is 0.708. The van der Waals surface area contributed by atoms with Gasteiger partial charge in [0.15, 0.2) is 0 Å². The van der Waals surface area contributed by atoms with E-state index in [-0.39, 0.29) is 0 Å². The summed E-state index contributed by atoms with van der Waals surface area (Å²) in [6, 6.07) is 8.80. The van der Waals surface area contributed by atoms with Gasteiger partial charge in [-0.1, -0.05) is 38.5 Å². The van der Waals surface area contributed by atoms with Gasteiger partial charge in [-0.3, -0.25) is 0 Å². The molecule has 1 aliphatic heterocycles. The van der Waals surface area contributed by atoms with Crippen molar-refractivity contribution in [3.8, 4) is 0 Å². The van der Waals surface area contributed by atoms with Crippen LogP contribution in [-0.4, -0.2) is 31.1 Å². The third-order valence-corrected chi connectivity index (χ3v) is 3.96. The number of rotatable bonds is 6. The van der Waals surface area contributed by atoms with E-state index >= 15 is 0 Å². The summed E-state index contributed by atoms with van der Waals surface area (Å²) in [6.07, 6.45) is 3.87. The summed E-state index contributed by atoms with van der Waals surface area (Å²) in [4.78, 5) is 2.61. The van der Waals surface area contributed by atoms with E-state index in [1.807, 2.05) is 0 Å². The first-order valence-electron chi connectivity index (χ1n) is 7.40. The van der Waals surface area contributed by atoms with Gasteiger partial charge in [-0.15, -0.1) is 0 Å². The Bertz CT molecular complexity index is 362. The number of hydrogen-bond donors (Lipinski definition) is 1. The first-order valence-corrected chi connectivity index (χ1v) is 7.40. The molecular formula is C16H26N2. The number of fused-ring (bicyclic) bond motifs is 1. The molecule has 100 valence electrons. The zero-order valence-electron chi connectivity index (χ0n) is 11.8. The maximum absolute atomic E-state index is 3.51. The second kappa shape index (κ2) is 6.79. The molecule has 0 fully saturated rings. The van der Waals surface area contributed by atoms with Crippen molar-refractivity contribution in [2.75, 3.05) is 31.5 Å². The standard InChI is InChI=1S/C16H26N2/c1-3-5-12-18(4-2)13-14-10-11-17-16-9-7-6-8-15(14)16/h6-9,14,17H,3-5,10-13H2,1-2H3. The lowest BCUT2D eigenvalue weighted by Gasteiger charge is -2.31. The van der Waals surface area contributed by atoms with Gasteiger partial charge in [-0.25, -0.2) is 0 Å². The molecule has 1 unspecified atom stereocenters.